The van der Waals surface area contributed by atoms with Crippen molar-refractivity contribution in [2.75, 3.05) is 11.9 Å². The van der Waals surface area contributed by atoms with Crippen LogP contribution in [0, 0.1) is 13.8 Å². The summed E-state index contributed by atoms with van der Waals surface area (Å²) in [7, 11) is 0. The number of halogens is 1. The number of nitrogens with zero attached hydrogens (tertiary/aromatic N) is 1. The molecule has 0 bridgehead atoms. The smallest absolute Gasteiger partial charge is 0.259 e. The van der Waals surface area contributed by atoms with Gasteiger partial charge in [-0.2, -0.15) is 0 Å². The molecule has 5 nitrogen and oxygen atoms in total. The number of carbonyl (C=O) groups excluding carboxylic acids is 1. The predicted octanol–water partition coefficient (Wildman–Crippen LogP) is 5.88. The van der Waals surface area contributed by atoms with E-state index < -0.39 is 0 Å². The molecule has 3 N–H and O–H groups in total. The van der Waals surface area contributed by atoms with Gasteiger partial charge in [-0.15, -0.1) is 0 Å². The zero-order valence-electron chi connectivity index (χ0n) is 18.1. The van der Waals surface area contributed by atoms with Gasteiger partial charge in [-0.3, -0.25) is 15.1 Å². The number of aryl methyl sites for hydroxylation is 1. The maximum Gasteiger partial charge on any atom is 0.259 e. The predicted molar refractivity (Wildman–Crippen MR) is 133 cm³/mol. The fourth-order valence-electron chi connectivity index (χ4n) is 3.57. The Hall–Kier alpha value is -3.57. The highest BCUT2D eigenvalue weighted by Crippen LogP contribution is 2.20. The van der Waals surface area contributed by atoms with Crippen molar-refractivity contribution >= 4 is 40.1 Å². The van der Waals surface area contributed by atoms with E-state index in [0.29, 0.717) is 23.1 Å². The average Bonchev–Trinajstić information content (AvgIpc) is 3.20. The number of hydrogen-bond acceptors (Lipinski definition) is 2. The van der Waals surface area contributed by atoms with Crippen molar-refractivity contribution in [2.24, 2.45) is 4.99 Å². The van der Waals surface area contributed by atoms with E-state index in [-0.39, 0.29) is 5.91 Å². The molecule has 4 rings (SSSR count). The van der Waals surface area contributed by atoms with Crippen LogP contribution in [0.3, 0.4) is 0 Å². The second-order valence-electron chi connectivity index (χ2n) is 7.65. The van der Waals surface area contributed by atoms with Crippen LogP contribution in [-0.2, 0) is 6.42 Å². The minimum Gasteiger partial charge on any atom is -0.361 e. The maximum atomic E-state index is 12.9. The molecule has 32 heavy (non-hydrogen) atoms. The first-order valence-corrected chi connectivity index (χ1v) is 10.9. The van der Waals surface area contributed by atoms with Gasteiger partial charge in [0.05, 0.1) is 10.6 Å². The van der Waals surface area contributed by atoms with Crippen LogP contribution in [0.1, 0.15) is 27.0 Å². The molecule has 1 heterocycles. The van der Waals surface area contributed by atoms with Gasteiger partial charge >= 0.3 is 0 Å². The third kappa shape index (κ3) is 4.84. The number of benzene rings is 3. The Morgan fingerprint density at radius 3 is 2.62 bits per heavy atom. The van der Waals surface area contributed by atoms with Crippen LogP contribution in [0.5, 0.6) is 0 Å². The first-order chi connectivity index (χ1) is 15.5. The third-order valence-electron chi connectivity index (χ3n) is 5.53. The molecule has 0 aliphatic rings. The number of anilines is 1. The van der Waals surface area contributed by atoms with E-state index in [1.54, 1.807) is 24.3 Å². The lowest BCUT2D eigenvalue weighted by atomic mass is 10.1. The standard InChI is InChI=1S/C26H25ClN4O/c1-17-8-7-13-23(18(17)2)30-26(31-25(32)21-10-3-5-11-22(21)27)28-15-14-19-16-29-24-12-6-4-9-20(19)24/h3-13,16,29H,14-15H2,1-2H3,(H2,28,30,31,32). The highest BCUT2D eigenvalue weighted by atomic mass is 35.5. The van der Waals surface area contributed by atoms with Crippen LogP contribution in [0.15, 0.2) is 77.9 Å². The molecule has 0 saturated carbocycles. The number of hydrogen-bond donors (Lipinski definition) is 3. The molecule has 0 radical (unpaired) electrons. The summed E-state index contributed by atoms with van der Waals surface area (Å²) in [6, 6.07) is 21.2. The minimum atomic E-state index is -0.306. The van der Waals surface area contributed by atoms with E-state index in [1.165, 1.54) is 10.9 Å². The van der Waals surface area contributed by atoms with E-state index >= 15 is 0 Å². The molecule has 4 aromatic rings. The molecule has 1 amide bonds. The lowest BCUT2D eigenvalue weighted by Gasteiger charge is -2.15. The second kappa shape index (κ2) is 9.71. The van der Waals surface area contributed by atoms with Crippen molar-refractivity contribution < 1.29 is 4.79 Å². The summed E-state index contributed by atoms with van der Waals surface area (Å²) in [6.45, 7) is 4.60. The average molecular weight is 445 g/mol. The number of nitrogens with one attached hydrogen (secondary N) is 3. The Morgan fingerprint density at radius 1 is 1.00 bits per heavy atom. The normalized spacial score (nSPS) is 11.5. The molecule has 0 atom stereocenters. The third-order valence-corrected chi connectivity index (χ3v) is 5.86. The number of rotatable bonds is 5. The van der Waals surface area contributed by atoms with Crippen molar-refractivity contribution in [2.45, 2.75) is 20.3 Å². The maximum absolute atomic E-state index is 12.9. The SMILES string of the molecule is Cc1cccc(NC(=NCCc2c[nH]c3ccccc23)NC(=O)c2ccccc2Cl)c1C. The molecular formula is C26H25ClN4O. The first-order valence-electron chi connectivity index (χ1n) is 10.5. The van der Waals surface area contributed by atoms with E-state index in [2.05, 4.69) is 45.7 Å². The summed E-state index contributed by atoms with van der Waals surface area (Å²) < 4.78 is 0. The summed E-state index contributed by atoms with van der Waals surface area (Å²) in [4.78, 5) is 20.8. The van der Waals surface area contributed by atoms with E-state index in [0.717, 1.165) is 28.8 Å². The van der Waals surface area contributed by atoms with Gasteiger partial charge in [0.1, 0.15) is 0 Å². The molecule has 0 aliphatic heterocycles. The highest BCUT2D eigenvalue weighted by molar-refractivity contribution is 6.34. The van der Waals surface area contributed by atoms with Crippen molar-refractivity contribution in [1.29, 1.82) is 0 Å². The number of para-hydroxylation sites is 1. The topological polar surface area (TPSA) is 69.3 Å². The number of carbonyl (C=O) groups is 1. The van der Waals surface area contributed by atoms with E-state index in [4.69, 9.17) is 11.6 Å². The fourth-order valence-corrected chi connectivity index (χ4v) is 3.79. The summed E-state index contributed by atoms with van der Waals surface area (Å²) in [5.41, 5.74) is 5.85. The molecule has 0 spiro atoms. The Morgan fingerprint density at radius 2 is 1.78 bits per heavy atom. The van der Waals surface area contributed by atoms with Gasteiger partial charge in [-0.25, -0.2) is 0 Å². The highest BCUT2D eigenvalue weighted by Gasteiger charge is 2.13. The zero-order chi connectivity index (χ0) is 22.5. The Balaban J connectivity index is 1.56. The molecule has 1 aromatic heterocycles. The van der Waals surface area contributed by atoms with Crippen LogP contribution in [0.2, 0.25) is 5.02 Å². The molecule has 0 saturated heterocycles. The summed E-state index contributed by atoms with van der Waals surface area (Å²) >= 11 is 6.21. The van der Waals surface area contributed by atoms with Gasteiger partial charge in [0.25, 0.3) is 5.91 Å². The monoisotopic (exact) mass is 444 g/mol. The Bertz CT molecular complexity index is 1290. The lowest BCUT2D eigenvalue weighted by Crippen LogP contribution is -2.36. The lowest BCUT2D eigenvalue weighted by molar-refractivity contribution is 0.0977. The van der Waals surface area contributed by atoms with Crippen LogP contribution >= 0.6 is 11.6 Å². The largest absolute Gasteiger partial charge is 0.361 e. The minimum absolute atomic E-state index is 0.306. The summed E-state index contributed by atoms with van der Waals surface area (Å²) in [6.07, 6.45) is 2.75. The van der Waals surface area contributed by atoms with Crippen molar-refractivity contribution in [3.63, 3.8) is 0 Å². The zero-order valence-corrected chi connectivity index (χ0v) is 18.8. The van der Waals surface area contributed by atoms with Gasteiger partial charge in [-0.1, -0.05) is 54.1 Å². The molecule has 3 aromatic carbocycles. The second-order valence-corrected chi connectivity index (χ2v) is 8.05. The van der Waals surface area contributed by atoms with Gasteiger partial charge in [-0.05, 0) is 61.2 Å². The summed E-state index contributed by atoms with van der Waals surface area (Å²) in [5, 5.41) is 7.77. The van der Waals surface area contributed by atoms with Gasteiger partial charge in [0.2, 0.25) is 5.96 Å². The van der Waals surface area contributed by atoms with Crippen molar-refractivity contribution in [1.82, 2.24) is 10.3 Å². The van der Waals surface area contributed by atoms with Gasteiger partial charge < -0.3 is 10.3 Å². The van der Waals surface area contributed by atoms with Gasteiger partial charge in [0, 0.05) is 29.3 Å². The van der Waals surface area contributed by atoms with Crippen LogP contribution in [0.25, 0.3) is 10.9 Å². The van der Waals surface area contributed by atoms with Gasteiger partial charge in [0.15, 0.2) is 0 Å². The fraction of sp³-hybridized carbons (Fsp3) is 0.154. The van der Waals surface area contributed by atoms with Crippen LogP contribution in [0.4, 0.5) is 5.69 Å². The van der Waals surface area contributed by atoms with Crippen LogP contribution in [-0.4, -0.2) is 23.4 Å². The number of aliphatic imine (C=N–C) groups is 1. The molecule has 0 unspecified atom stereocenters. The number of H-pyrrole nitrogens is 1. The Kier molecular flexibility index (Phi) is 6.57. The molecule has 0 fully saturated rings. The number of guanidine groups is 1. The number of amides is 1. The Labute approximate surface area is 192 Å². The molecule has 0 aliphatic carbocycles. The van der Waals surface area contributed by atoms with Crippen molar-refractivity contribution in [3.8, 4) is 0 Å². The number of fused-ring (bicyclic) bond motifs is 1. The molecule has 6 heteroatoms. The van der Waals surface area contributed by atoms with Crippen LogP contribution < -0.4 is 10.6 Å². The summed E-state index contributed by atoms with van der Waals surface area (Å²) in [5.74, 6) is 0.0858. The quantitative estimate of drug-likeness (QED) is 0.266. The molecular weight excluding hydrogens is 420 g/mol. The van der Waals surface area contributed by atoms with Crippen molar-refractivity contribution in [3.05, 3.63) is 100 Å². The van der Waals surface area contributed by atoms with E-state index in [1.807, 2.05) is 37.4 Å². The number of aromatic nitrogens is 1. The van der Waals surface area contributed by atoms with E-state index in [9.17, 15) is 4.79 Å². The number of aromatic amines is 1. The first kappa shape index (κ1) is 21.7. The molecule has 162 valence electrons.